The molecule has 1 atom stereocenters. The van der Waals surface area contributed by atoms with E-state index in [1.165, 1.54) is 24.2 Å². The Bertz CT molecular complexity index is 768. The van der Waals surface area contributed by atoms with E-state index in [1.807, 2.05) is 4.90 Å². The molecule has 8 nitrogen and oxygen atoms in total. The van der Waals surface area contributed by atoms with Crippen molar-refractivity contribution in [2.24, 2.45) is 0 Å². The molecule has 2 aromatic heterocycles. The van der Waals surface area contributed by atoms with Gasteiger partial charge in [0.05, 0.1) is 24.3 Å². The maximum absolute atomic E-state index is 12.6. The summed E-state index contributed by atoms with van der Waals surface area (Å²) >= 11 is 1.42. The average Bonchev–Trinajstić information content (AvgIpc) is 3.42. The molecule has 2 aromatic rings. The van der Waals surface area contributed by atoms with E-state index < -0.39 is 0 Å². The molecule has 2 amide bonds. The number of amides is 2. The van der Waals surface area contributed by atoms with Gasteiger partial charge in [0.15, 0.2) is 5.69 Å². The fourth-order valence-corrected chi connectivity index (χ4v) is 4.32. The number of carbonyl (C=O) groups is 2. The highest BCUT2D eigenvalue weighted by molar-refractivity contribution is 7.07. The second-order valence-electron chi connectivity index (χ2n) is 6.95. The molecule has 0 unspecified atom stereocenters. The van der Waals surface area contributed by atoms with Gasteiger partial charge in [-0.2, -0.15) is 0 Å². The van der Waals surface area contributed by atoms with Gasteiger partial charge in [-0.3, -0.25) is 9.59 Å². The van der Waals surface area contributed by atoms with Crippen molar-refractivity contribution in [1.82, 2.24) is 30.2 Å². The maximum atomic E-state index is 12.6. The van der Waals surface area contributed by atoms with Crippen LogP contribution in [0.1, 0.15) is 59.5 Å². The van der Waals surface area contributed by atoms with Crippen LogP contribution in [-0.4, -0.2) is 55.3 Å². The number of rotatable bonds is 5. The number of thiazole rings is 1. The third kappa shape index (κ3) is 3.62. The summed E-state index contributed by atoms with van der Waals surface area (Å²) in [6.07, 6.45) is 7.97. The van der Waals surface area contributed by atoms with Crippen LogP contribution in [0.2, 0.25) is 0 Å². The van der Waals surface area contributed by atoms with Gasteiger partial charge in [-0.25, -0.2) is 9.67 Å². The number of hydrogen-bond donors (Lipinski definition) is 1. The Hall–Kier alpha value is -2.29. The lowest BCUT2D eigenvalue weighted by Crippen LogP contribution is -2.38. The van der Waals surface area contributed by atoms with Gasteiger partial charge in [0.25, 0.3) is 11.8 Å². The van der Waals surface area contributed by atoms with Gasteiger partial charge in [0.1, 0.15) is 5.69 Å². The van der Waals surface area contributed by atoms with Gasteiger partial charge in [-0.1, -0.05) is 18.1 Å². The van der Waals surface area contributed by atoms with Crippen LogP contribution < -0.4 is 5.32 Å². The van der Waals surface area contributed by atoms with Crippen LogP contribution in [0.3, 0.4) is 0 Å². The quantitative estimate of drug-likeness (QED) is 0.860. The van der Waals surface area contributed by atoms with Crippen molar-refractivity contribution in [3.63, 3.8) is 0 Å². The van der Waals surface area contributed by atoms with Gasteiger partial charge >= 0.3 is 0 Å². The van der Waals surface area contributed by atoms with E-state index in [0.717, 1.165) is 32.2 Å². The van der Waals surface area contributed by atoms with Crippen LogP contribution in [0.4, 0.5) is 0 Å². The minimum absolute atomic E-state index is 0.0342. The SMILES string of the molecule is O=C(NC1CCCC1)c1cn(C[C@@H]2CCCN2C(=O)c2cscn2)nn1. The summed E-state index contributed by atoms with van der Waals surface area (Å²) in [5.74, 6) is -0.196. The molecule has 0 spiro atoms. The van der Waals surface area contributed by atoms with Gasteiger partial charge in [-0.15, -0.1) is 16.4 Å². The predicted octanol–water partition coefficient (Wildman–Crippen LogP) is 1.71. The fraction of sp³-hybridized carbons (Fsp3) is 0.588. The van der Waals surface area contributed by atoms with Crippen molar-refractivity contribution in [3.8, 4) is 0 Å². The first-order valence-corrected chi connectivity index (χ1v) is 10.0. The molecule has 3 heterocycles. The first-order valence-electron chi connectivity index (χ1n) is 9.11. The van der Waals surface area contributed by atoms with Gasteiger partial charge < -0.3 is 10.2 Å². The zero-order valence-corrected chi connectivity index (χ0v) is 15.3. The highest BCUT2D eigenvalue weighted by Gasteiger charge is 2.31. The van der Waals surface area contributed by atoms with Crippen molar-refractivity contribution in [2.75, 3.05) is 6.54 Å². The number of hydrogen-bond acceptors (Lipinski definition) is 6. The largest absolute Gasteiger partial charge is 0.348 e. The van der Waals surface area contributed by atoms with Crippen LogP contribution in [0.15, 0.2) is 17.1 Å². The third-order valence-corrected chi connectivity index (χ3v) is 5.74. The Balaban J connectivity index is 1.38. The predicted molar refractivity (Wildman–Crippen MR) is 95.9 cm³/mol. The lowest BCUT2D eigenvalue weighted by molar-refractivity contribution is 0.0715. The average molecular weight is 374 g/mol. The number of nitrogens with one attached hydrogen (secondary N) is 1. The first kappa shape index (κ1) is 17.1. The topological polar surface area (TPSA) is 93.0 Å². The van der Waals surface area contributed by atoms with Crippen molar-refractivity contribution in [2.45, 2.75) is 57.2 Å². The molecule has 138 valence electrons. The Morgan fingerprint density at radius 3 is 2.81 bits per heavy atom. The van der Waals surface area contributed by atoms with Crippen molar-refractivity contribution < 1.29 is 9.59 Å². The fourth-order valence-electron chi connectivity index (χ4n) is 3.80. The second kappa shape index (κ2) is 7.53. The smallest absolute Gasteiger partial charge is 0.273 e. The number of nitrogens with zero attached hydrogens (tertiary/aromatic N) is 5. The molecule has 0 radical (unpaired) electrons. The van der Waals surface area contributed by atoms with Crippen LogP contribution in [-0.2, 0) is 6.54 Å². The molecule has 2 fully saturated rings. The molecule has 0 bridgehead atoms. The Morgan fingerprint density at radius 1 is 1.19 bits per heavy atom. The maximum Gasteiger partial charge on any atom is 0.273 e. The molecule has 4 rings (SSSR count). The van der Waals surface area contributed by atoms with E-state index in [9.17, 15) is 9.59 Å². The molecule has 1 saturated heterocycles. The standard InChI is InChI=1S/C17H22N6O2S/c24-16(19-12-4-1-2-5-12)14-9-22(21-20-14)8-13-6-3-7-23(13)17(25)15-10-26-11-18-15/h9-13H,1-8H2,(H,19,24)/t13-/m0/s1. The summed E-state index contributed by atoms with van der Waals surface area (Å²) in [6, 6.07) is 0.311. The number of likely N-dealkylation sites (tertiary alicyclic amines) is 1. The molecule has 2 aliphatic rings. The summed E-state index contributed by atoms with van der Waals surface area (Å²) in [4.78, 5) is 30.8. The monoisotopic (exact) mass is 374 g/mol. The summed E-state index contributed by atoms with van der Waals surface area (Å²) in [7, 11) is 0. The summed E-state index contributed by atoms with van der Waals surface area (Å²) in [5.41, 5.74) is 2.51. The Labute approximate surface area is 155 Å². The van der Waals surface area contributed by atoms with E-state index in [-0.39, 0.29) is 23.9 Å². The minimum Gasteiger partial charge on any atom is -0.348 e. The molecule has 1 aliphatic carbocycles. The van der Waals surface area contributed by atoms with Gasteiger partial charge in [0, 0.05) is 18.0 Å². The van der Waals surface area contributed by atoms with E-state index in [1.54, 1.807) is 21.8 Å². The van der Waals surface area contributed by atoms with Gasteiger partial charge in [-0.05, 0) is 25.7 Å². The molecular formula is C17H22N6O2S. The van der Waals surface area contributed by atoms with Crippen LogP contribution in [0.5, 0.6) is 0 Å². The van der Waals surface area contributed by atoms with Crippen LogP contribution in [0.25, 0.3) is 0 Å². The lowest BCUT2D eigenvalue weighted by atomic mass is 10.2. The second-order valence-corrected chi connectivity index (χ2v) is 7.67. The zero-order chi connectivity index (χ0) is 17.9. The van der Waals surface area contributed by atoms with E-state index >= 15 is 0 Å². The van der Waals surface area contributed by atoms with E-state index in [0.29, 0.717) is 17.9 Å². The highest BCUT2D eigenvalue weighted by atomic mass is 32.1. The molecule has 0 aromatic carbocycles. The van der Waals surface area contributed by atoms with Crippen LogP contribution >= 0.6 is 11.3 Å². The summed E-state index contributed by atoms with van der Waals surface area (Å²) in [6.45, 7) is 1.27. The number of aromatic nitrogens is 4. The molecule has 1 N–H and O–H groups in total. The normalized spacial score (nSPS) is 20.6. The molecule has 1 aliphatic heterocycles. The molecular weight excluding hydrogens is 352 g/mol. The third-order valence-electron chi connectivity index (χ3n) is 5.15. The lowest BCUT2D eigenvalue weighted by Gasteiger charge is -2.23. The molecule has 9 heteroatoms. The van der Waals surface area contributed by atoms with Gasteiger partial charge in [0.2, 0.25) is 0 Å². The Morgan fingerprint density at radius 2 is 2.04 bits per heavy atom. The minimum atomic E-state index is -0.162. The number of carbonyl (C=O) groups excluding carboxylic acids is 2. The van der Waals surface area contributed by atoms with Crippen molar-refractivity contribution in [1.29, 1.82) is 0 Å². The molecule has 26 heavy (non-hydrogen) atoms. The van der Waals surface area contributed by atoms with Crippen molar-refractivity contribution in [3.05, 3.63) is 28.5 Å². The molecule has 1 saturated carbocycles. The highest BCUT2D eigenvalue weighted by Crippen LogP contribution is 2.22. The van der Waals surface area contributed by atoms with Crippen LogP contribution in [0, 0.1) is 0 Å². The zero-order valence-electron chi connectivity index (χ0n) is 14.5. The van der Waals surface area contributed by atoms with E-state index in [4.69, 9.17) is 0 Å². The van der Waals surface area contributed by atoms with E-state index in [2.05, 4.69) is 20.6 Å². The summed E-state index contributed by atoms with van der Waals surface area (Å²) in [5, 5.41) is 12.9. The summed E-state index contributed by atoms with van der Waals surface area (Å²) < 4.78 is 1.67. The van der Waals surface area contributed by atoms with Crippen molar-refractivity contribution >= 4 is 23.2 Å². The first-order chi connectivity index (χ1) is 12.7. The Kier molecular flexibility index (Phi) is 4.96.